The van der Waals surface area contributed by atoms with E-state index in [0.29, 0.717) is 5.02 Å². The highest BCUT2D eigenvalue weighted by Crippen LogP contribution is 2.42. The monoisotopic (exact) mass is 467 g/mol. The van der Waals surface area contributed by atoms with Gasteiger partial charge in [-0.3, -0.25) is 14.7 Å². The molecule has 2 heterocycles. The van der Waals surface area contributed by atoms with Gasteiger partial charge in [-0.1, -0.05) is 29.8 Å². The van der Waals surface area contributed by atoms with Crippen molar-refractivity contribution in [2.45, 2.75) is 49.4 Å². The lowest BCUT2D eigenvalue weighted by atomic mass is 9.81. The number of hydrogen-bond donors (Lipinski definition) is 2. The van der Waals surface area contributed by atoms with Gasteiger partial charge in [-0.2, -0.15) is 0 Å². The van der Waals surface area contributed by atoms with Crippen LogP contribution in [-0.4, -0.2) is 46.5 Å². The summed E-state index contributed by atoms with van der Waals surface area (Å²) in [6.45, 7) is 0.377. The number of fused-ring (bicyclic) bond motifs is 1. The summed E-state index contributed by atoms with van der Waals surface area (Å²) < 4.78 is 43.3. The van der Waals surface area contributed by atoms with Crippen LogP contribution in [0.25, 0.3) is 0 Å². The van der Waals surface area contributed by atoms with E-state index >= 15 is 4.39 Å². The zero-order valence-corrected chi connectivity index (χ0v) is 18.2. The fraction of sp³-hybridized carbons (Fsp3) is 0.478. The number of aliphatic hydroxyl groups is 1. The number of alkyl halides is 3. The minimum atomic E-state index is -2.70. The summed E-state index contributed by atoms with van der Waals surface area (Å²) in [6.07, 6.45) is -0.0891. The molecule has 1 aliphatic heterocycles. The molecule has 3 atom stereocenters. The first-order valence-electron chi connectivity index (χ1n) is 10.7. The molecule has 2 aliphatic rings. The van der Waals surface area contributed by atoms with Crippen molar-refractivity contribution < 1.29 is 23.1 Å². The number of likely N-dealkylation sites (tertiary alicyclic amines) is 1. The van der Waals surface area contributed by atoms with E-state index < -0.39 is 29.6 Å². The van der Waals surface area contributed by atoms with Gasteiger partial charge in [0.05, 0.1) is 17.8 Å². The van der Waals surface area contributed by atoms with Gasteiger partial charge < -0.3 is 10.4 Å². The van der Waals surface area contributed by atoms with E-state index in [4.69, 9.17) is 11.6 Å². The molecule has 0 bridgehead atoms. The van der Waals surface area contributed by atoms with Gasteiger partial charge in [0.2, 0.25) is 5.67 Å². The second-order valence-electron chi connectivity index (χ2n) is 8.46. The van der Waals surface area contributed by atoms with E-state index in [0.717, 1.165) is 5.56 Å². The van der Waals surface area contributed by atoms with Gasteiger partial charge in [0.25, 0.3) is 11.8 Å². The van der Waals surface area contributed by atoms with Crippen LogP contribution in [0.1, 0.15) is 54.6 Å². The predicted molar refractivity (Wildman–Crippen MR) is 114 cm³/mol. The summed E-state index contributed by atoms with van der Waals surface area (Å²) >= 11 is 5.99. The van der Waals surface area contributed by atoms with Gasteiger partial charge in [-0.25, -0.2) is 13.2 Å². The first-order valence-corrected chi connectivity index (χ1v) is 11.1. The third-order valence-corrected chi connectivity index (χ3v) is 6.64. The van der Waals surface area contributed by atoms with Gasteiger partial charge in [-0.15, -0.1) is 0 Å². The summed E-state index contributed by atoms with van der Waals surface area (Å²) in [5, 5.41) is 13.4. The number of carbonyl (C=O) groups excluding carboxylic acids is 1. The number of pyridine rings is 1. The number of piperidine rings is 1. The van der Waals surface area contributed by atoms with E-state index in [-0.39, 0.29) is 56.6 Å². The standard InChI is InChI=1S/C23H25ClF3N3O2/c24-16-5-3-15(4-6-16)18(30-12-9-22(25,26)10-13-30)14-29-21(32)23(27)8-7-19(31)20-17(23)2-1-11-28-20/h1-6,11,18-19,31H,7-10,12-14H2,(H,29,32)/t18?,19-,23-/m0/s1. The zero-order chi connectivity index (χ0) is 22.9. The molecular formula is C23H25ClF3N3O2. The lowest BCUT2D eigenvalue weighted by Crippen LogP contribution is -2.49. The first kappa shape index (κ1) is 23.0. The number of rotatable bonds is 5. The third-order valence-electron chi connectivity index (χ3n) is 6.38. The number of halogens is 4. The van der Waals surface area contributed by atoms with Gasteiger partial charge in [0.15, 0.2) is 0 Å². The Morgan fingerprint density at radius 1 is 1.19 bits per heavy atom. The van der Waals surface area contributed by atoms with Crippen molar-refractivity contribution in [2.75, 3.05) is 19.6 Å². The van der Waals surface area contributed by atoms with Crippen LogP contribution in [-0.2, 0) is 10.5 Å². The maximum atomic E-state index is 15.9. The van der Waals surface area contributed by atoms with E-state index in [1.807, 2.05) is 4.90 Å². The minimum Gasteiger partial charge on any atom is -0.387 e. The van der Waals surface area contributed by atoms with E-state index in [9.17, 15) is 18.7 Å². The summed E-state index contributed by atoms with van der Waals surface area (Å²) in [5.74, 6) is -3.52. The summed E-state index contributed by atoms with van der Waals surface area (Å²) in [7, 11) is 0. The Labute approximate surface area is 189 Å². The molecule has 1 unspecified atom stereocenters. The highest BCUT2D eigenvalue weighted by Gasteiger charge is 2.47. The fourth-order valence-corrected chi connectivity index (χ4v) is 4.62. The van der Waals surface area contributed by atoms with Crippen molar-refractivity contribution in [3.05, 3.63) is 64.4 Å². The Hall–Kier alpha value is -2.16. The summed E-state index contributed by atoms with van der Waals surface area (Å²) in [6, 6.07) is 9.56. The Morgan fingerprint density at radius 2 is 1.88 bits per heavy atom. The molecule has 0 saturated carbocycles. The maximum Gasteiger partial charge on any atom is 0.262 e. The number of nitrogens with one attached hydrogen (secondary N) is 1. The second-order valence-corrected chi connectivity index (χ2v) is 8.90. The molecule has 1 fully saturated rings. The number of nitrogens with zero attached hydrogens (tertiary/aromatic N) is 2. The highest BCUT2D eigenvalue weighted by atomic mass is 35.5. The molecule has 1 saturated heterocycles. The first-order chi connectivity index (χ1) is 15.2. The summed E-state index contributed by atoms with van der Waals surface area (Å²) in [4.78, 5) is 18.9. The third kappa shape index (κ3) is 4.63. The highest BCUT2D eigenvalue weighted by molar-refractivity contribution is 6.30. The second kappa shape index (κ2) is 9.00. The van der Waals surface area contributed by atoms with Crippen molar-refractivity contribution in [3.8, 4) is 0 Å². The quantitative estimate of drug-likeness (QED) is 0.687. The molecule has 1 aromatic carbocycles. The van der Waals surface area contributed by atoms with Crippen LogP contribution in [0.4, 0.5) is 13.2 Å². The Balaban J connectivity index is 1.54. The van der Waals surface area contributed by atoms with Crippen molar-refractivity contribution in [3.63, 3.8) is 0 Å². The molecule has 172 valence electrons. The molecule has 0 radical (unpaired) electrons. The number of amides is 1. The molecule has 1 amide bonds. The lowest BCUT2D eigenvalue weighted by molar-refractivity contribution is -0.136. The van der Waals surface area contributed by atoms with E-state index in [2.05, 4.69) is 10.3 Å². The number of aliphatic hydroxyl groups excluding tert-OH is 1. The topological polar surface area (TPSA) is 65.5 Å². The number of benzene rings is 1. The Kier molecular flexibility index (Phi) is 6.47. The number of carbonyl (C=O) groups is 1. The van der Waals surface area contributed by atoms with Crippen molar-refractivity contribution in [2.24, 2.45) is 0 Å². The lowest BCUT2D eigenvalue weighted by Gasteiger charge is -2.38. The van der Waals surface area contributed by atoms with Crippen LogP contribution in [0.15, 0.2) is 42.6 Å². The molecule has 9 heteroatoms. The van der Waals surface area contributed by atoms with Crippen LogP contribution < -0.4 is 5.32 Å². The smallest absolute Gasteiger partial charge is 0.262 e. The van der Waals surface area contributed by atoms with Crippen LogP contribution in [0.2, 0.25) is 5.02 Å². The minimum absolute atomic E-state index is 0.0514. The molecule has 1 aliphatic carbocycles. The van der Waals surface area contributed by atoms with Crippen LogP contribution >= 0.6 is 11.6 Å². The fourth-order valence-electron chi connectivity index (χ4n) is 4.50. The Morgan fingerprint density at radius 3 is 2.56 bits per heavy atom. The largest absolute Gasteiger partial charge is 0.387 e. The molecule has 2 N–H and O–H groups in total. The van der Waals surface area contributed by atoms with E-state index in [1.54, 1.807) is 24.3 Å². The van der Waals surface area contributed by atoms with Crippen LogP contribution in [0.3, 0.4) is 0 Å². The SMILES string of the molecule is O=C(NCC(c1ccc(Cl)cc1)N1CCC(F)(F)CC1)[C@]1(F)CC[C@H](O)c2ncccc21. The summed E-state index contributed by atoms with van der Waals surface area (Å²) in [5.41, 5.74) is -1.28. The van der Waals surface area contributed by atoms with Gasteiger partial charge in [-0.05, 0) is 36.6 Å². The predicted octanol–water partition coefficient (Wildman–Crippen LogP) is 4.32. The van der Waals surface area contributed by atoms with Gasteiger partial charge in [0.1, 0.15) is 0 Å². The number of hydrogen-bond acceptors (Lipinski definition) is 4. The maximum absolute atomic E-state index is 15.9. The molecular weight excluding hydrogens is 443 g/mol. The van der Waals surface area contributed by atoms with Gasteiger partial charge >= 0.3 is 0 Å². The molecule has 0 spiro atoms. The molecule has 5 nitrogen and oxygen atoms in total. The van der Waals surface area contributed by atoms with Gasteiger partial charge in [0, 0.05) is 49.3 Å². The molecule has 4 rings (SSSR count). The normalized spacial score (nSPS) is 26.2. The van der Waals surface area contributed by atoms with Crippen molar-refractivity contribution >= 4 is 17.5 Å². The molecule has 2 aromatic rings. The molecule has 1 aromatic heterocycles. The van der Waals surface area contributed by atoms with Crippen molar-refractivity contribution in [1.29, 1.82) is 0 Å². The van der Waals surface area contributed by atoms with Crippen LogP contribution in [0, 0.1) is 0 Å². The zero-order valence-electron chi connectivity index (χ0n) is 17.4. The average Bonchev–Trinajstić information content (AvgIpc) is 2.78. The molecule has 32 heavy (non-hydrogen) atoms. The van der Waals surface area contributed by atoms with Crippen LogP contribution in [0.5, 0.6) is 0 Å². The average molecular weight is 468 g/mol. The van der Waals surface area contributed by atoms with E-state index in [1.165, 1.54) is 18.3 Å². The number of aromatic nitrogens is 1. The van der Waals surface area contributed by atoms with Crippen molar-refractivity contribution in [1.82, 2.24) is 15.2 Å². The Bertz CT molecular complexity index is 965.